The van der Waals surface area contributed by atoms with Gasteiger partial charge in [-0.05, 0) is 0 Å². The summed E-state index contributed by atoms with van der Waals surface area (Å²) in [5.74, 6) is 9.56. The maximum absolute atomic E-state index is 10.9. The van der Waals surface area contributed by atoms with E-state index in [0.717, 1.165) is 0 Å². The van der Waals surface area contributed by atoms with Gasteiger partial charge in [-0.1, -0.05) is 13.8 Å². The number of hydrazone groups is 1. The average molecular weight is 159 g/mol. The van der Waals surface area contributed by atoms with Gasteiger partial charge in [0.2, 0.25) is 11.9 Å². The number of carbonyl (C=O) groups is 1. The number of amides is 1. The summed E-state index contributed by atoms with van der Waals surface area (Å²) in [5, 5.41) is 5.54. The van der Waals surface area contributed by atoms with Crippen LogP contribution >= 0.6 is 0 Å². The van der Waals surface area contributed by atoms with Crippen LogP contribution in [0.5, 0.6) is 0 Å². The van der Waals surface area contributed by atoms with Crippen LogP contribution in [0.2, 0.25) is 0 Å². The molecule has 64 valence electrons. The fraction of sp³-hybridized carbons (Fsp3) is 0.600. The van der Waals surface area contributed by atoms with E-state index >= 15 is 0 Å². The largest absolute Gasteiger partial charge is 0.320 e. The Morgan fingerprint density at radius 1 is 1.55 bits per heavy atom. The van der Waals surface area contributed by atoms with Gasteiger partial charge in [-0.25, -0.2) is 5.84 Å². The van der Waals surface area contributed by atoms with Crippen LogP contribution in [0, 0.1) is 5.92 Å². The molecular formula is C5H13N5O. The van der Waals surface area contributed by atoms with E-state index in [1.807, 2.05) is 0 Å². The molecule has 11 heavy (non-hydrogen) atoms. The molecule has 0 aromatic heterocycles. The van der Waals surface area contributed by atoms with E-state index in [-0.39, 0.29) is 17.8 Å². The number of carbonyl (C=O) groups excluding carboxylic acids is 1. The number of guanidine groups is 1. The summed E-state index contributed by atoms with van der Waals surface area (Å²) < 4.78 is 0. The molecule has 1 amide bonds. The first-order valence-corrected chi connectivity index (χ1v) is 3.17. The highest BCUT2D eigenvalue weighted by atomic mass is 16.2. The molecular weight excluding hydrogens is 146 g/mol. The highest BCUT2D eigenvalue weighted by Crippen LogP contribution is 1.88. The molecule has 6 nitrogen and oxygen atoms in total. The Balaban J connectivity index is 3.93. The Kier molecular flexibility index (Phi) is 3.97. The standard InChI is InChI=1S/C5H13N5O/c1-3(2)4(11)8-5(9-6)10-7/h3H,6-7H2,1-2H3,(H2,8,9,10,11). The molecule has 0 spiro atoms. The fourth-order valence-corrected chi connectivity index (χ4v) is 0.367. The van der Waals surface area contributed by atoms with Crippen molar-refractivity contribution in [1.29, 1.82) is 0 Å². The van der Waals surface area contributed by atoms with Gasteiger partial charge in [-0.15, -0.1) is 5.10 Å². The molecule has 0 heterocycles. The minimum atomic E-state index is -0.188. The van der Waals surface area contributed by atoms with Crippen LogP contribution in [-0.2, 0) is 4.79 Å². The van der Waals surface area contributed by atoms with Gasteiger partial charge >= 0.3 is 0 Å². The number of nitrogens with zero attached hydrogens (tertiary/aromatic N) is 1. The number of rotatable bonds is 1. The van der Waals surface area contributed by atoms with Crippen molar-refractivity contribution in [2.75, 3.05) is 0 Å². The molecule has 0 saturated heterocycles. The summed E-state index contributed by atoms with van der Waals surface area (Å²) in [7, 11) is 0. The van der Waals surface area contributed by atoms with Crippen molar-refractivity contribution in [1.82, 2.24) is 10.7 Å². The first kappa shape index (κ1) is 9.70. The molecule has 0 saturated carbocycles. The number of hydrogen-bond acceptors (Lipinski definition) is 4. The third-order valence-electron chi connectivity index (χ3n) is 1.03. The first-order valence-electron chi connectivity index (χ1n) is 3.17. The minimum Gasteiger partial charge on any atom is -0.320 e. The summed E-state index contributed by atoms with van der Waals surface area (Å²) in [6, 6.07) is 0. The highest BCUT2D eigenvalue weighted by molar-refractivity contribution is 5.97. The van der Waals surface area contributed by atoms with Gasteiger partial charge in [0.05, 0.1) is 0 Å². The van der Waals surface area contributed by atoms with E-state index in [1.165, 1.54) is 0 Å². The summed E-state index contributed by atoms with van der Waals surface area (Å²) in [4.78, 5) is 10.9. The normalized spacial score (nSPS) is 11.5. The monoisotopic (exact) mass is 159 g/mol. The van der Waals surface area contributed by atoms with E-state index in [9.17, 15) is 4.79 Å². The van der Waals surface area contributed by atoms with Crippen LogP contribution < -0.4 is 22.4 Å². The molecule has 0 aromatic rings. The molecule has 0 bridgehead atoms. The zero-order valence-electron chi connectivity index (χ0n) is 6.59. The van der Waals surface area contributed by atoms with Crippen molar-refractivity contribution in [2.24, 2.45) is 22.7 Å². The van der Waals surface area contributed by atoms with Crippen molar-refractivity contribution >= 4 is 11.9 Å². The molecule has 0 atom stereocenters. The first-order chi connectivity index (χ1) is 5.11. The second kappa shape index (κ2) is 4.51. The van der Waals surface area contributed by atoms with E-state index in [0.29, 0.717) is 0 Å². The van der Waals surface area contributed by atoms with Gasteiger partial charge < -0.3 is 5.84 Å². The Bertz CT molecular complexity index is 164. The third kappa shape index (κ3) is 3.41. The highest BCUT2D eigenvalue weighted by Gasteiger charge is 2.07. The van der Waals surface area contributed by atoms with Gasteiger partial charge in [0.1, 0.15) is 0 Å². The Morgan fingerprint density at radius 3 is 2.36 bits per heavy atom. The average Bonchev–Trinajstić information content (AvgIpc) is 1.99. The molecule has 0 aliphatic rings. The SMILES string of the molecule is CC(C)C(=O)N/C(=N/N)NN. The number of nitrogens with two attached hydrogens (primary N) is 2. The Labute approximate surface area is 65.0 Å². The summed E-state index contributed by atoms with van der Waals surface area (Å²) in [6.07, 6.45) is 0. The van der Waals surface area contributed by atoms with Gasteiger partial charge in [-0.2, -0.15) is 0 Å². The van der Waals surface area contributed by atoms with Crippen molar-refractivity contribution in [2.45, 2.75) is 13.8 Å². The van der Waals surface area contributed by atoms with Gasteiger partial charge in [-0.3, -0.25) is 15.5 Å². The second-order valence-corrected chi connectivity index (χ2v) is 2.27. The van der Waals surface area contributed by atoms with E-state index in [2.05, 4.69) is 15.8 Å². The van der Waals surface area contributed by atoms with E-state index < -0.39 is 0 Å². The van der Waals surface area contributed by atoms with E-state index in [4.69, 9.17) is 11.7 Å². The smallest absolute Gasteiger partial charge is 0.234 e. The topological polar surface area (TPSA) is 106 Å². The maximum Gasteiger partial charge on any atom is 0.234 e. The molecule has 6 heteroatoms. The van der Waals surface area contributed by atoms with Crippen molar-refractivity contribution < 1.29 is 4.79 Å². The van der Waals surface area contributed by atoms with Crippen molar-refractivity contribution in [3.63, 3.8) is 0 Å². The maximum atomic E-state index is 10.9. The van der Waals surface area contributed by atoms with Gasteiger partial charge in [0, 0.05) is 5.92 Å². The van der Waals surface area contributed by atoms with Crippen LogP contribution in [0.1, 0.15) is 13.8 Å². The number of nitrogens with one attached hydrogen (secondary N) is 2. The van der Waals surface area contributed by atoms with Crippen LogP contribution in [0.3, 0.4) is 0 Å². The lowest BCUT2D eigenvalue weighted by molar-refractivity contribution is -0.122. The third-order valence-corrected chi connectivity index (χ3v) is 1.03. The zero-order chi connectivity index (χ0) is 8.85. The molecule has 0 aliphatic heterocycles. The lowest BCUT2D eigenvalue weighted by atomic mass is 10.2. The number of hydrogen-bond donors (Lipinski definition) is 4. The number of hydrazine groups is 1. The lowest BCUT2D eigenvalue weighted by Crippen LogP contribution is -2.46. The second-order valence-electron chi connectivity index (χ2n) is 2.27. The van der Waals surface area contributed by atoms with Crippen LogP contribution in [0.25, 0.3) is 0 Å². The van der Waals surface area contributed by atoms with Crippen molar-refractivity contribution in [3.8, 4) is 0 Å². The molecule has 0 fully saturated rings. The molecule has 0 unspecified atom stereocenters. The van der Waals surface area contributed by atoms with Crippen LogP contribution in [-0.4, -0.2) is 11.9 Å². The predicted octanol–water partition coefficient (Wildman–Crippen LogP) is -1.55. The minimum absolute atomic E-state index is 0.0590. The summed E-state index contributed by atoms with van der Waals surface area (Å²) >= 11 is 0. The Morgan fingerprint density at radius 2 is 2.09 bits per heavy atom. The summed E-state index contributed by atoms with van der Waals surface area (Å²) in [6.45, 7) is 3.50. The van der Waals surface area contributed by atoms with E-state index in [1.54, 1.807) is 13.8 Å². The quantitative estimate of drug-likeness (QED) is 0.161. The zero-order valence-corrected chi connectivity index (χ0v) is 6.59. The fourth-order valence-electron chi connectivity index (χ4n) is 0.367. The Hall–Kier alpha value is -1.30. The van der Waals surface area contributed by atoms with Crippen LogP contribution in [0.15, 0.2) is 5.10 Å². The lowest BCUT2D eigenvalue weighted by Gasteiger charge is -2.07. The molecule has 6 N–H and O–H groups in total. The molecule has 0 radical (unpaired) electrons. The molecule has 0 aliphatic carbocycles. The predicted molar refractivity (Wildman–Crippen MR) is 41.9 cm³/mol. The van der Waals surface area contributed by atoms with Crippen LogP contribution in [0.4, 0.5) is 0 Å². The summed E-state index contributed by atoms with van der Waals surface area (Å²) in [5.41, 5.74) is 2.13. The van der Waals surface area contributed by atoms with Crippen molar-refractivity contribution in [3.05, 3.63) is 0 Å². The molecule has 0 rings (SSSR count). The molecule has 0 aromatic carbocycles. The van der Waals surface area contributed by atoms with Gasteiger partial charge in [0.25, 0.3) is 0 Å². The van der Waals surface area contributed by atoms with Gasteiger partial charge in [0.15, 0.2) is 0 Å².